The van der Waals surface area contributed by atoms with Gasteiger partial charge in [0.05, 0.1) is 6.54 Å². The van der Waals surface area contributed by atoms with Crippen LogP contribution in [0.2, 0.25) is 0 Å². The minimum atomic E-state index is -0.0226. The van der Waals surface area contributed by atoms with E-state index in [2.05, 4.69) is 15.5 Å². The van der Waals surface area contributed by atoms with Crippen LogP contribution < -0.4 is 15.4 Å². The Bertz CT molecular complexity index is 400. The average molecular weight is 302 g/mol. The Labute approximate surface area is 127 Å². The fourth-order valence-corrected chi connectivity index (χ4v) is 1.55. The first-order valence-electron chi connectivity index (χ1n) is 6.40. The summed E-state index contributed by atoms with van der Waals surface area (Å²) in [6, 6.07) is 7.77. The van der Waals surface area contributed by atoms with Crippen molar-refractivity contribution in [3.8, 4) is 5.75 Å². The molecular formula is C14H24ClN3O2. The lowest BCUT2D eigenvalue weighted by Gasteiger charge is -2.14. The summed E-state index contributed by atoms with van der Waals surface area (Å²) in [5.74, 6) is 0.805. The Balaban J connectivity index is 0.00000361. The molecule has 5 nitrogen and oxygen atoms in total. The second kappa shape index (κ2) is 10.5. The summed E-state index contributed by atoms with van der Waals surface area (Å²) in [5.41, 5.74) is 0.991. The molecule has 0 radical (unpaired) electrons. The first-order valence-corrected chi connectivity index (χ1v) is 6.40. The van der Waals surface area contributed by atoms with Crippen LogP contribution in [-0.4, -0.2) is 51.6 Å². The zero-order valence-electron chi connectivity index (χ0n) is 12.3. The smallest absolute Gasteiger partial charge is 0.234 e. The summed E-state index contributed by atoms with van der Waals surface area (Å²) in [7, 11) is 5.76. The van der Waals surface area contributed by atoms with Crippen molar-refractivity contribution in [3.63, 3.8) is 0 Å². The van der Waals surface area contributed by atoms with Crippen LogP contribution in [0, 0.1) is 0 Å². The Kier molecular flexibility index (Phi) is 9.80. The normalized spacial score (nSPS) is 10.0. The van der Waals surface area contributed by atoms with Gasteiger partial charge < -0.3 is 20.3 Å². The molecule has 0 aliphatic heterocycles. The molecule has 0 atom stereocenters. The van der Waals surface area contributed by atoms with Gasteiger partial charge in [0.2, 0.25) is 5.91 Å². The minimum Gasteiger partial charge on any atom is -0.492 e. The first-order chi connectivity index (χ1) is 9.13. The summed E-state index contributed by atoms with van der Waals surface area (Å²) in [4.78, 5) is 13.5. The van der Waals surface area contributed by atoms with Crippen molar-refractivity contribution in [3.05, 3.63) is 29.8 Å². The van der Waals surface area contributed by atoms with E-state index in [1.54, 1.807) is 7.05 Å². The van der Waals surface area contributed by atoms with Crippen molar-refractivity contribution >= 4 is 18.3 Å². The number of carbonyl (C=O) groups is 1. The lowest BCUT2D eigenvalue weighted by molar-refractivity contribution is -0.120. The monoisotopic (exact) mass is 301 g/mol. The van der Waals surface area contributed by atoms with Gasteiger partial charge in [-0.3, -0.25) is 4.79 Å². The Hall–Kier alpha value is -1.30. The van der Waals surface area contributed by atoms with E-state index in [4.69, 9.17) is 4.74 Å². The van der Waals surface area contributed by atoms with Crippen LogP contribution in [0.4, 0.5) is 0 Å². The standard InChI is InChI=1S/C14H23N3O2.ClH/c1-15-11-14(18)16-10-12-6-4-5-7-13(12)19-9-8-17(2)3;/h4-7,15H,8-11H2,1-3H3,(H,16,18);1H. The quantitative estimate of drug-likeness (QED) is 0.749. The highest BCUT2D eigenvalue weighted by molar-refractivity contribution is 5.85. The molecule has 1 aromatic rings. The number of likely N-dealkylation sites (N-methyl/N-ethyl adjacent to an activating group) is 2. The molecular weight excluding hydrogens is 278 g/mol. The molecule has 1 rings (SSSR count). The van der Waals surface area contributed by atoms with Gasteiger partial charge in [-0.2, -0.15) is 0 Å². The van der Waals surface area contributed by atoms with Gasteiger partial charge in [-0.05, 0) is 27.2 Å². The highest BCUT2D eigenvalue weighted by Gasteiger charge is 2.05. The fraction of sp³-hybridized carbons (Fsp3) is 0.500. The predicted octanol–water partition coefficient (Wildman–Crippen LogP) is 0.884. The van der Waals surface area contributed by atoms with E-state index in [1.165, 1.54) is 0 Å². The number of benzene rings is 1. The molecule has 6 heteroatoms. The summed E-state index contributed by atoms with van der Waals surface area (Å²) < 4.78 is 5.73. The zero-order chi connectivity index (χ0) is 14.1. The zero-order valence-corrected chi connectivity index (χ0v) is 13.1. The van der Waals surface area contributed by atoms with Crippen LogP contribution in [0.1, 0.15) is 5.56 Å². The predicted molar refractivity (Wildman–Crippen MR) is 83.5 cm³/mol. The number of amides is 1. The highest BCUT2D eigenvalue weighted by atomic mass is 35.5. The molecule has 0 fully saturated rings. The Morgan fingerprint density at radius 2 is 2.00 bits per heavy atom. The second-order valence-corrected chi connectivity index (χ2v) is 4.57. The molecule has 0 unspecified atom stereocenters. The molecule has 0 aromatic heterocycles. The van der Waals surface area contributed by atoms with Crippen molar-refractivity contribution in [2.75, 3.05) is 40.8 Å². The largest absolute Gasteiger partial charge is 0.492 e. The number of nitrogens with zero attached hydrogens (tertiary/aromatic N) is 1. The third-order valence-electron chi connectivity index (χ3n) is 2.58. The van der Waals surface area contributed by atoms with Crippen molar-refractivity contribution in [2.24, 2.45) is 0 Å². The number of halogens is 1. The van der Waals surface area contributed by atoms with Gasteiger partial charge in [-0.25, -0.2) is 0 Å². The molecule has 0 saturated carbocycles. The molecule has 0 aliphatic rings. The number of nitrogens with one attached hydrogen (secondary N) is 2. The van der Waals surface area contributed by atoms with Crippen molar-refractivity contribution in [1.82, 2.24) is 15.5 Å². The number of hydrogen-bond acceptors (Lipinski definition) is 4. The lowest BCUT2D eigenvalue weighted by atomic mass is 10.2. The number of carbonyl (C=O) groups excluding carboxylic acids is 1. The SMILES string of the molecule is CNCC(=O)NCc1ccccc1OCCN(C)C.Cl. The van der Waals surface area contributed by atoms with E-state index < -0.39 is 0 Å². The van der Waals surface area contributed by atoms with Gasteiger partial charge >= 0.3 is 0 Å². The summed E-state index contributed by atoms with van der Waals surface area (Å²) in [6.07, 6.45) is 0. The summed E-state index contributed by atoms with van der Waals surface area (Å²) >= 11 is 0. The van der Waals surface area contributed by atoms with Crippen LogP contribution in [-0.2, 0) is 11.3 Å². The molecule has 0 saturated heterocycles. The third kappa shape index (κ3) is 7.33. The van der Waals surface area contributed by atoms with Gasteiger partial charge in [0.15, 0.2) is 0 Å². The van der Waals surface area contributed by atoms with E-state index >= 15 is 0 Å². The van der Waals surface area contributed by atoms with Crippen molar-refractivity contribution < 1.29 is 9.53 Å². The van der Waals surface area contributed by atoms with Crippen LogP contribution in [0.5, 0.6) is 5.75 Å². The van der Waals surface area contributed by atoms with E-state index in [0.717, 1.165) is 17.9 Å². The lowest BCUT2D eigenvalue weighted by Crippen LogP contribution is -2.31. The summed E-state index contributed by atoms with van der Waals surface area (Å²) in [5, 5.41) is 5.66. The number of rotatable bonds is 8. The van der Waals surface area contributed by atoms with E-state index in [0.29, 0.717) is 19.7 Å². The topological polar surface area (TPSA) is 53.6 Å². The molecule has 0 spiro atoms. The molecule has 0 aliphatic carbocycles. The van der Waals surface area contributed by atoms with Crippen LogP contribution in [0.3, 0.4) is 0 Å². The maximum atomic E-state index is 11.4. The molecule has 20 heavy (non-hydrogen) atoms. The van der Waals surface area contributed by atoms with E-state index in [1.807, 2.05) is 38.4 Å². The van der Waals surface area contributed by atoms with Gasteiger partial charge in [0.25, 0.3) is 0 Å². The Morgan fingerprint density at radius 3 is 2.65 bits per heavy atom. The highest BCUT2D eigenvalue weighted by Crippen LogP contribution is 2.17. The van der Waals surface area contributed by atoms with Gasteiger partial charge in [0, 0.05) is 18.7 Å². The number of hydrogen-bond donors (Lipinski definition) is 2. The maximum Gasteiger partial charge on any atom is 0.234 e. The van der Waals surface area contributed by atoms with Gasteiger partial charge in [-0.1, -0.05) is 18.2 Å². The van der Waals surface area contributed by atoms with Crippen LogP contribution in [0.15, 0.2) is 24.3 Å². The fourth-order valence-electron chi connectivity index (χ4n) is 1.55. The first kappa shape index (κ1) is 18.7. The molecule has 114 valence electrons. The van der Waals surface area contributed by atoms with Crippen molar-refractivity contribution in [1.29, 1.82) is 0 Å². The molecule has 2 N–H and O–H groups in total. The average Bonchev–Trinajstić information content (AvgIpc) is 2.37. The Morgan fingerprint density at radius 1 is 1.30 bits per heavy atom. The maximum absolute atomic E-state index is 11.4. The molecule has 1 aromatic carbocycles. The van der Waals surface area contributed by atoms with E-state index in [-0.39, 0.29) is 18.3 Å². The van der Waals surface area contributed by atoms with E-state index in [9.17, 15) is 4.79 Å². The molecule has 0 bridgehead atoms. The number of ether oxygens (including phenoxy) is 1. The van der Waals surface area contributed by atoms with Crippen LogP contribution in [0.25, 0.3) is 0 Å². The van der Waals surface area contributed by atoms with Gasteiger partial charge in [0.1, 0.15) is 12.4 Å². The number of para-hydroxylation sites is 1. The minimum absolute atomic E-state index is 0. The van der Waals surface area contributed by atoms with Crippen molar-refractivity contribution in [2.45, 2.75) is 6.54 Å². The second-order valence-electron chi connectivity index (χ2n) is 4.57. The molecule has 0 heterocycles. The molecule has 1 amide bonds. The third-order valence-corrected chi connectivity index (χ3v) is 2.58. The van der Waals surface area contributed by atoms with Gasteiger partial charge in [-0.15, -0.1) is 12.4 Å². The van der Waals surface area contributed by atoms with Crippen LogP contribution >= 0.6 is 12.4 Å². The summed E-state index contributed by atoms with van der Waals surface area (Å²) in [6.45, 7) is 2.30.